The lowest BCUT2D eigenvalue weighted by molar-refractivity contribution is 0.0944. The molecule has 0 radical (unpaired) electrons. The first-order valence-electron chi connectivity index (χ1n) is 8.32. The van der Waals surface area contributed by atoms with Crippen LogP contribution in [-0.4, -0.2) is 32.0 Å². The molecule has 7 nitrogen and oxygen atoms in total. The molecule has 2 aromatic heterocycles. The topological polar surface area (TPSA) is 81.8 Å². The van der Waals surface area contributed by atoms with Crippen LogP contribution in [0, 0.1) is 19.7 Å². The van der Waals surface area contributed by atoms with Gasteiger partial charge in [-0.1, -0.05) is 0 Å². The zero-order valence-corrected chi connectivity index (χ0v) is 14.9. The van der Waals surface area contributed by atoms with Crippen LogP contribution in [0.4, 0.5) is 4.39 Å². The van der Waals surface area contributed by atoms with Crippen molar-refractivity contribution in [3.63, 3.8) is 0 Å². The minimum Gasteiger partial charge on any atom is -0.350 e. The number of hydrogen-bond acceptors (Lipinski definition) is 4. The molecule has 0 aliphatic rings. The van der Waals surface area contributed by atoms with Gasteiger partial charge in [0.25, 0.3) is 5.91 Å². The van der Waals surface area contributed by atoms with Crippen molar-refractivity contribution in [1.82, 2.24) is 24.9 Å². The number of rotatable bonds is 5. The number of amides is 1. The van der Waals surface area contributed by atoms with E-state index in [9.17, 15) is 14.0 Å². The SMILES string of the molecule is Cc1cc(C)n(CCCNC(=O)c2nn(C)c3ccc(F)cc3c2=O)n1. The number of nitrogens with zero attached hydrogens (tertiary/aromatic N) is 4. The van der Waals surface area contributed by atoms with Gasteiger partial charge < -0.3 is 5.32 Å². The summed E-state index contributed by atoms with van der Waals surface area (Å²) in [7, 11) is 1.61. The van der Waals surface area contributed by atoms with E-state index in [1.807, 2.05) is 24.6 Å². The summed E-state index contributed by atoms with van der Waals surface area (Å²) in [6, 6.07) is 5.83. The summed E-state index contributed by atoms with van der Waals surface area (Å²) in [5, 5.41) is 11.2. The maximum Gasteiger partial charge on any atom is 0.275 e. The zero-order chi connectivity index (χ0) is 18.8. The Labute approximate surface area is 149 Å². The van der Waals surface area contributed by atoms with Crippen LogP contribution in [0.1, 0.15) is 28.3 Å². The first-order valence-corrected chi connectivity index (χ1v) is 8.32. The monoisotopic (exact) mass is 357 g/mol. The van der Waals surface area contributed by atoms with Crippen LogP contribution in [0.25, 0.3) is 10.9 Å². The molecule has 0 aliphatic carbocycles. The van der Waals surface area contributed by atoms with Crippen molar-refractivity contribution in [2.24, 2.45) is 7.05 Å². The van der Waals surface area contributed by atoms with E-state index in [4.69, 9.17) is 0 Å². The smallest absolute Gasteiger partial charge is 0.275 e. The molecule has 0 bridgehead atoms. The molecule has 26 heavy (non-hydrogen) atoms. The van der Waals surface area contributed by atoms with Crippen LogP contribution in [0.5, 0.6) is 0 Å². The van der Waals surface area contributed by atoms with Crippen LogP contribution in [0.3, 0.4) is 0 Å². The predicted molar refractivity (Wildman–Crippen MR) is 95.6 cm³/mol. The van der Waals surface area contributed by atoms with Gasteiger partial charge in [0.05, 0.1) is 16.6 Å². The fourth-order valence-electron chi connectivity index (χ4n) is 2.91. The molecule has 3 rings (SSSR count). The van der Waals surface area contributed by atoms with Crippen molar-refractivity contribution >= 4 is 16.8 Å². The van der Waals surface area contributed by atoms with Crippen molar-refractivity contribution in [3.05, 3.63) is 57.4 Å². The summed E-state index contributed by atoms with van der Waals surface area (Å²) >= 11 is 0. The van der Waals surface area contributed by atoms with E-state index in [0.29, 0.717) is 25.0 Å². The van der Waals surface area contributed by atoms with Crippen LogP contribution in [0.2, 0.25) is 0 Å². The van der Waals surface area contributed by atoms with E-state index in [2.05, 4.69) is 15.5 Å². The number of halogens is 1. The van der Waals surface area contributed by atoms with Gasteiger partial charge in [-0.2, -0.15) is 10.2 Å². The molecular weight excluding hydrogens is 337 g/mol. The number of nitrogens with one attached hydrogen (secondary N) is 1. The number of carbonyl (C=O) groups excluding carboxylic acids is 1. The van der Waals surface area contributed by atoms with Gasteiger partial charge in [-0.25, -0.2) is 4.39 Å². The van der Waals surface area contributed by atoms with Gasteiger partial charge in [-0.05, 0) is 44.5 Å². The molecule has 0 fully saturated rings. The molecule has 1 N–H and O–H groups in total. The Balaban J connectivity index is 1.71. The lowest BCUT2D eigenvalue weighted by Gasteiger charge is -2.09. The van der Waals surface area contributed by atoms with Crippen molar-refractivity contribution in [2.75, 3.05) is 6.54 Å². The standard InChI is InChI=1S/C18H20FN5O2/c1-11-9-12(2)24(21-11)8-4-7-20-18(26)16-17(25)14-10-13(19)5-6-15(14)23(3)22-16/h5-6,9-10H,4,7-8H2,1-3H3,(H,20,26). The van der Waals surface area contributed by atoms with Crippen LogP contribution < -0.4 is 10.7 Å². The number of fused-ring (bicyclic) bond motifs is 1. The summed E-state index contributed by atoms with van der Waals surface area (Å²) in [5.74, 6) is -1.10. The minimum absolute atomic E-state index is 0.135. The second-order valence-corrected chi connectivity index (χ2v) is 6.22. The average molecular weight is 357 g/mol. The third-order valence-electron chi connectivity index (χ3n) is 4.17. The van der Waals surface area contributed by atoms with E-state index >= 15 is 0 Å². The van der Waals surface area contributed by atoms with Crippen LogP contribution in [0.15, 0.2) is 29.1 Å². The third-order valence-corrected chi connectivity index (χ3v) is 4.17. The summed E-state index contributed by atoms with van der Waals surface area (Å²) in [5.41, 5.74) is 1.66. The van der Waals surface area contributed by atoms with Gasteiger partial charge in [-0.3, -0.25) is 19.0 Å². The van der Waals surface area contributed by atoms with Gasteiger partial charge in [0, 0.05) is 25.8 Å². The molecule has 0 unspecified atom stereocenters. The Morgan fingerprint density at radius 1 is 1.23 bits per heavy atom. The largest absolute Gasteiger partial charge is 0.350 e. The van der Waals surface area contributed by atoms with Crippen molar-refractivity contribution in [2.45, 2.75) is 26.8 Å². The Hall–Kier alpha value is -3.03. The molecule has 3 aromatic rings. The number of benzene rings is 1. The first-order chi connectivity index (χ1) is 12.4. The van der Waals surface area contributed by atoms with E-state index < -0.39 is 17.2 Å². The van der Waals surface area contributed by atoms with E-state index in [-0.39, 0.29) is 11.1 Å². The fourth-order valence-corrected chi connectivity index (χ4v) is 2.91. The molecular formula is C18H20FN5O2. The van der Waals surface area contributed by atoms with Crippen molar-refractivity contribution in [3.8, 4) is 0 Å². The summed E-state index contributed by atoms with van der Waals surface area (Å²) in [6.07, 6.45) is 0.663. The van der Waals surface area contributed by atoms with Crippen molar-refractivity contribution in [1.29, 1.82) is 0 Å². The normalized spacial score (nSPS) is 11.1. The van der Waals surface area contributed by atoms with Gasteiger partial charge in [0.2, 0.25) is 5.43 Å². The highest BCUT2D eigenvalue weighted by molar-refractivity contribution is 5.95. The molecule has 0 saturated carbocycles. The molecule has 2 heterocycles. The van der Waals surface area contributed by atoms with Gasteiger partial charge >= 0.3 is 0 Å². The third kappa shape index (κ3) is 3.49. The highest BCUT2D eigenvalue weighted by Crippen LogP contribution is 2.11. The maximum absolute atomic E-state index is 13.4. The molecule has 0 saturated heterocycles. The quantitative estimate of drug-likeness (QED) is 0.705. The Morgan fingerprint density at radius 2 is 2.00 bits per heavy atom. The molecule has 1 amide bonds. The van der Waals surface area contributed by atoms with Gasteiger partial charge in [-0.15, -0.1) is 0 Å². The molecule has 0 atom stereocenters. The van der Waals surface area contributed by atoms with E-state index in [1.165, 1.54) is 16.8 Å². The lowest BCUT2D eigenvalue weighted by atomic mass is 10.2. The Morgan fingerprint density at radius 3 is 2.69 bits per heavy atom. The number of aryl methyl sites for hydroxylation is 4. The molecule has 8 heteroatoms. The number of hydrogen-bond donors (Lipinski definition) is 1. The Bertz CT molecular complexity index is 1040. The molecule has 0 aliphatic heterocycles. The highest BCUT2D eigenvalue weighted by atomic mass is 19.1. The zero-order valence-electron chi connectivity index (χ0n) is 14.9. The number of carbonyl (C=O) groups is 1. The fraction of sp³-hybridized carbons (Fsp3) is 0.333. The summed E-state index contributed by atoms with van der Waals surface area (Å²) in [6.45, 7) is 4.94. The molecule has 0 spiro atoms. The predicted octanol–water partition coefficient (Wildman–Crippen LogP) is 1.71. The lowest BCUT2D eigenvalue weighted by Crippen LogP contribution is -2.32. The van der Waals surface area contributed by atoms with Crippen molar-refractivity contribution < 1.29 is 9.18 Å². The van der Waals surface area contributed by atoms with Gasteiger partial charge in [0.1, 0.15) is 5.82 Å². The minimum atomic E-state index is -0.575. The second kappa shape index (κ2) is 7.07. The average Bonchev–Trinajstić information content (AvgIpc) is 2.92. The summed E-state index contributed by atoms with van der Waals surface area (Å²) in [4.78, 5) is 24.8. The van der Waals surface area contributed by atoms with Crippen LogP contribution >= 0.6 is 0 Å². The van der Waals surface area contributed by atoms with Gasteiger partial charge in [0.15, 0.2) is 5.69 Å². The Kier molecular flexibility index (Phi) is 4.83. The highest BCUT2D eigenvalue weighted by Gasteiger charge is 2.16. The number of aromatic nitrogens is 4. The maximum atomic E-state index is 13.4. The van der Waals surface area contributed by atoms with Crippen LogP contribution in [-0.2, 0) is 13.6 Å². The molecule has 136 valence electrons. The van der Waals surface area contributed by atoms with E-state index in [0.717, 1.165) is 17.5 Å². The first kappa shape index (κ1) is 17.8. The van der Waals surface area contributed by atoms with E-state index in [1.54, 1.807) is 7.05 Å². The molecule has 1 aromatic carbocycles. The second-order valence-electron chi connectivity index (χ2n) is 6.22. The summed E-state index contributed by atoms with van der Waals surface area (Å²) < 4.78 is 16.7.